The molecule has 3 unspecified atom stereocenters. The summed E-state index contributed by atoms with van der Waals surface area (Å²) in [5.41, 5.74) is 2.92. The molecule has 0 aromatic heterocycles. The van der Waals surface area contributed by atoms with Gasteiger partial charge in [-0.15, -0.1) is 0 Å². The summed E-state index contributed by atoms with van der Waals surface area (Å²) >= 11 is 3.80. The number of hydrogen-bond donors (Lipinski definition) is 0. The smallest absolute Gasteiger partial charge is 0.0767 e. The molecule has 0 N–H and O–H groups in total. The first-order valence-corrected chi connectivity index (χ1v) is 7.67. The molecule has 1 fully saturated rings. The maximum absolute atomic E-state index is 5.83. The Kier molecular flexibility index (Phi) is 4.18. The molecule has 1 aromatic rings. The number of alkyl halides is 1. The summed E-state index contributed by atoms with van der Waals surface area (Å²) in [6.07, 6.45) is 1.48. The summed E-state index contributed by atoms with van der Waals surface area (Å²) in [6.45, 7) is 9.91. The Morgan fingerprint density at radius 2 is 1.83 bits per heavy atom. The fraction of sp³-hybridized carbons (Fsp3) is 0.625. The minimum absolute atomic E-state index is 0.220. The van der Waals surface area contributed by atoms with Crippen LogP contribution in [0.25, 0.3) is 0 Å². The molecule has 100 valence electrons. The highest BCUT2D eigenvalue weighted by atomic mass is 79.9. The molecule has 1 aliphatic heterocycles. The van der Waals surface area contributed by atoms with E-state index in [0.29, 0.717) is 16.8 Å². The molecule has 1 nitrogen and oxygen atoms in total. The molecular weight excluding hydrogens is 288 g/mol. The molecule has 1 heterocycles. The standard InChI is InChI=1S/C16H23BrO/c1-11-9-10-18-15(11)14(17)12-5-7-13(8-6-12)16(2,3)4/h5-8,11,14-15H,9-10H2,1-4H3. The zero-order valence-corrected chi connectivity index (χ0v) is 13.3. The maximum atomic E-state index is 5.83. The SMILES string of the molecule is CC1CCOC1C(Br)c1ccc(C(C)(C)C)cc1. The van der Waals surface area contributed by atoms with E-state index in [0.717, 1.165) is 6.61 Å². The normalized spacial score (nSPS) is 26.3. The van der Waals surface area contributed by atoms with Gasteiger partial charge in [-0.05, 0) is 28.9 Å². The van der Waals surface area contributed by atoms with Crippen molar-refractivity contribution >= 4 is 15.9 Å². The van der Waals surface area contributed by atoms with Gasteiger partial charge in [0.2, 0.25) is 0 Å². The van der Waals surface area contributed by atoms with E-state index in [4.69, 9.17) is 4.74 Å². The van der Waals surface area contributed by atoms with Crippen molar-refractivity contribution in [1.29, 1.82) is 0 Å². The second kappa shape index (κ2) is 5.34. The van der Waals surface area contributed by atoms with Crippen LogP contribution in [0.1, 0.15) is 50.1 Å². The summed E-state index contributed by atoms with van der Waals surface area (Å²) in [5, 5.41) is 0. The van der Waals surface area contributed by atoms with Crippen molar-refractivity contribution in [2.45, 2.75) is 50.5 Å². The predicted molar refractivity (Wildman–Crippen MR) is 80.3 cm³/mol. The van der Waals surface area contributed by atoms with Crippen molar-refractivity contribution in [3.05, 3.63) is 35.4 Å². The molecule has 0 spiro atoms. The Balaban J connectivity index is 2.14. The van der Waals surface area contributed by atoms with Crippen molar-refractivity contribution in [2.75, 3.05) is 6.61 Å². The predicted octanol–water partition coefficient (Wildman–Crippen LogP) is 4.85. The van der Waals surface area contributed by atoms with Gasteiger partial charge >= 0.3 is 0 Å². The van der Waals surface area contributed by atoms with Gasteiger partial charge in [0.15, 0.2) is 0 Å². The summed E-state index contributed by atoms with van der Waals surface area (Å²) in [7, 11) is 0. The number of ether oxygens (including phenoxy) is 1. The molecule has 1 aromatic carbocycles. The van der Waals surface area contributed by atoms with Gasteiger partial charge in [-0.1, -0.05) is 67.9 Å². The van der Waals surface area contributed by atoms with Crippen LogP contribution in [0, 0.1) is 5.92 Å². The lowest BCUT2D eigenvalue weighted by molar-refractivity contribution is 0.0935. The summed E-state index contributed by atoms with van der Waals surface area (Å²) in [5.74, 6) is 0.636. The number of halogens is 1. The van der Waals surface area contributed by atoms with E-state index in [1.807, 2.05) is 0 Å². The highest BCUT2D eigenvalue weighted by Crippen LogP contribution is 2.37. The minimum Gasteiger partial charge on any atom is -0.376 e. The third-order valence-electron chi connectivity index (χ3n) is 3.83. The Labute approximate surface area is 119 Å². The molecule has 0 radical (unpaired) electrons. The third-order valence-corrected chi connectivity index (χ3v) is 4.88. The highest BCUT2D eigenvalue weighted by Gasteiger charge is 2.31. The topological polar surface area (TPSA) is 9.23 Å². The first kappa shape index (κ1) is 14.1. The van der Waals surface area contributed by atoms with Crippen LogP contribution < -0.4 is 0 Å². The fourth-order valence-corrected chi connectivity index (χ4v) is 3.43. The van der Waals surface area contributed by atoms with E-state index in [-0.39, 0.29) is 5.41 Å². The molecular formula is C16H23BrO. The molecule has 0 bridgehead atoms. The van der Waals surface area contributed by atoms with Crippen LogP contribution in [0.3, 0.4) is 0 Å². The highest BCUT2D eigenvalue weighted by molar-refractivity contribution is 9.09. The van der Waals surface area contributed by atoms with Crippen molar-refractivity contribution in [2.24, 2.45) is 5.92 Å². The molecule has 0 amide bonds. The van der Waals surface area contributed by atoms with Gasteiger partial charge in [-0.25, -0.2) is 0 Å². The summed E-state index contributed by atoms with van der Waals surface area (Å²) in [6, 6.07) is 8.94. The molecule has 1 saturated heterocycles. The molecule has 1 aliphatic rings. The van der Waals surface area contributed by atoms with Crippen molar-refractivity contribution in [3.63, 3.8) is 0 Å². The van der Waals surface area contributed by atoms with Crippen LogP contribution in [0.2, 0.25) is 0 Å². The van der Waals surface area contributed by atoms with Gasteiger partial charge in [0.05, 0.1) is 10.9 Å². The minimum atomic E-state index is 0.220. The number of benzene rings is 1. The first-order valence-electron chi connectivity index (χ1n) is 6.75. The van der Waals surface area contributed by atoms with Crippen molar-refractivity contribution in [3.8, 4) is 0 Å². The maximum Gasteiger partial charge on any atom is 0.0767 e. The van der Waals surface area contributed by atoms with E-state index >= 15 is 0 Å². The van der Waals surface area contributed by atoms with E-state index in [1.54, 1.807) is 0 Å². The van der Waals surface area contributed by atoms with Gasteiger partial charge in [-0.3, -0.25) is 0 Å². The second-order valence-electron chi connectivity index (χ2n) is 6.38. The molecule has 2 heteroatoms. The monoisotopic (exact) mass is 310 g/mol. The largest absolute Gasteiger partial charge is 0.376 e. The van der Waals surface area contributed by atoms with Gasteiger partial charge in [0.25, 0.3) is 0 Å². The van der Waals surface area contributed by atoms with E-state index in [1.165, 1.54) is 17.5 Å². The van der Waals surface area contributed by atoms with Crippen molar-refractivity contribution in [1.82, 2.24) is 0 Å². The number of hydrogen-bond acceptors (Lipinski definition) is 1. The number of rotatable bonds is 2. The molecule has 0 saturated carbocycles. The Bertz CT molecular complexity index is 391. The van der Waals surface area contributed by atoms with Crippen LogP contribution in [-0.2, 0) is 10.2 Å². The lowest BCUT2D eigenvalue weighted by Gasteiger charge is -2.23. The van der Waals surface area contributed by atoms with E-state index in [2.05, 4.69) is 67.9 Å². The summed E-state index contributed by atoms with van der Waals surface area (Å²) in [4.78, 5) is 0.309. The van der Waals surface area contributed by atoms with Gasteiger partial charge < -0.3 is 4.74 Å². The molecule has 18 heavy (non-hydrogen) atoms. The Hall–Kier alpha value is -0.340. The zero-order valence-electron chi connectivity index (χ0n) is 11.7. The van der Waals surface area contributed by atoms with E-state index in [9.17, 15) is 0 Å². The van der Waals surface area contributed by atoms with Crippen molar-refractivity contribution < 1.29 is 4.74 Å². The Morgan fingerprint density at radius 3 is 2.28 bits per heavy atom. The first-order chi connectivity index (χ1) is 8.39. The van der Waals surface area contributed by atoms with Gasteiger partial charge in [0, 0.05) is 6.61 Å². The average Bonchev–Trinajstić information content (AvgIpc) is 2.73. The Morgan fingerprint density at radius 1 is 1.22 bits per heavy atom. The zero-order chi connectivity index (χ0) is 13.3. The quantitative estimate of drug-likeness (QED) is 0.710. The lowest BCUT2D eigenvalue weighted by Crippen LogP contribution is -2.19. The van der Waals surface area contributed by atoms with Crippen LogP contribution in [0.5, 0.6) is 0 Å². The van der Waals surface area contributed by atoms with Crippen LogP contribution in [-0.4, -0.2) is 12.7 Å². The van der Waals surface area contributed by atoms with Crippen LogP contribution in [0.15, 0.2) is 24.3 Å². The molecule has 3 atom stereocenters. The summed E-state index contributed by atoms with van der Waals surface area (Å²) < 4.78 is 5.83. The third kappa shape index (κ3) is 2.97. The average molecular weight is 311 g/mol. The fourth-order valence-electron chi connectivity index (χ4n) is 2.45. The van der Waals surface area contributed by atoms with Crippen LogP contribution >= 0.6 is 15.9 Å². The molecule has 2 rings (SSSR count). The van der Waals surface area contributed by atoms with E-state index < -0.39 is 0 Å². The second-order valence-corrected chi connectivity index (χ2v) is 7.36. The van der Waals surface area contributed by atoms with Gasteiger partial charge in [-0.2, -0.15) is 0 Å². The van der Waals surface area contributed by atoms with Gasteiger partial charge in [0.1, 0.15) is 0 Å². The van der Waals surface area contributed by atoms with Crippen LogP contribution in [0.4, 0.5) is 0 Å². The molecule has 0 aliphatic carbocycles. The lowest BCUT2D eigenvalue weighted by atomic mass is 9.86.